The van der Waals surface area contributed by atoms with Gasteiger partial charge in [-0.05, 0) is 37.3 Å². The van der Waals surface area contributed by atoms with E-state index in [2.05, 4.69) is 15.5 Å². The number of ether oxygens (including phenoxy) is 2. The molecule has 0 atom stereocenters. The maximum atomic E-state index is 12.0. The summed E-state index contributed by atoms with van der Waals surface area (Å²) in [7, 11) is 1.43. The van der Waals surface area contributed by atoms with Gasteiger partial charge in [0.2, 0.25) is 0 Å². The molecule has 1 aromatic carbocycles. The van der Waals surface area contributed by atoms with Gasteiger partial charge in [0.15, 0.2) is 11.5 Å². The van der Waals surface area contributed by atoms with Crippen LogP contribution in [0.3, 0.4) is 0 Å². The van der Waals surface area contributed by atoms with E-state index in [9.17, 15) is 14.7 Å². The molecule has 8 nitrogen and oxygen atoms in total. The number of carboxylic acids is 1. The summed E-state index contributed by atoms with van der Waals surface area (Å²) < 4.78 is 10.3. The molecular weight excluding hydrogens is 326 g/mol. The molecule has 0 saturated carbocycles. The second-order valence-electron chi connectivity index (χ2n) is 4.90. The molecular formula is C17H16N3O5-. The number of hydrogen-bond donors (Lipinski definition) is 1. The van der Waals surface area contributed by atoms with Gasteiger partial charge in [-0.2, -0.15) is 5.10 Å². The van der Waals surface area contributed by atoms with Gasteiger partial charge in [0.25, 0.3) is 5.91 Å². The highest BCUT2D eigenvalue weighted by atomic mass is 16.5. The van der Waals surface area contributed by atoms with Crippen molar-refractivity contribution >= 4 is 17.6 Å². The highest BCUT2D eigenvalue weighted by molar-refractivity contribution is 6.01. The van der Waals surface area contributed by atoms with Crippen LogP contribution >= 0.6 is 0 Å². The fraction of sp³-hybridized carbons (Fsp3) is 0.176. The summed E-state index contributed by atoms with van der Waals surface area (Å²) in [5.74, 6) is -1.08. The van der Waals surface area contributed by atoms with Crippen LogP contribution < -0.4 is 20.0 Å². The van der Waals surface area contributed by atoms with Gasteiger partial charge in [-0.25, -0.2) is 5.43 Å². The third kappa shape index (κ3) is 5.03. The molecule has 25 heavy (non-hydrogen) atoms. The lowest BCUT2D eigenvalue weighted by Crippen LogP contribution is -2.29. The predicted octanol–water partition coefficient (Wildman–Crippen LogP) is 0.373. The Kier molecular flexibility index (Phi) is 6.05. The van der Waals surface area contributed by atoms with Crippen LogP contribution in [0.2, 0.25) is 0 Å². The summed E-state index contributed by atoms with van der Waals surface area (Å²) in [4.78, 5) is 26.3. The van der Waals surface area contributed by atoms with Gasteiger partial charge >= 0.3 is 0 Å². The van der Waals surface area contributed by atoms with Crippen LogP contribution in [0.5, 0.6) is 11.5 Å². The number of nitrogens with zero attached hydrogens (tertiary/aromatic N) is 2. The molecule has 0 saturated heterocycles. The van der Waals surface area contributed by atoms with E-state index in [1.165, 1.54) is 19.5 Å². The van der Waals surface area contributed by atoms with Gasteiger partial charge in [-0.1, -0.05) is 0 Å². The molecule has 0 spiro atoms. The number of aromatic nitrogens is 1. The number of pyridine rings is 1. The third-order valence-electron chi connectivity index (χ3n) is 3.19. The fourth-order valence-electron chi connectivity index (χ4n) is 1.92. The number of carboxylic acid groups (broad SMARTS) is 1. The number of methoxy groups -OCH3 is 1. The molecule has 0 aliphatic heterocycles. The van der Waals surface area contributed by atoms with Crippen molar-refractivity contribution in [2.75, 3.05) is 13.7 Å². The molecule has 0 bridgehead atoms. The molecule has 0 unspecified atom stereocenters. The van der Waals surface area contributed by atoms with Crippen molar-refractivity contribution in [1.82, 2.24) is 10.4 Å². The molecule has 1 amide bonds. The number of nitrogens with one attached hydrogen (secondary N) is 1. The van der Waals surface area contributed by atoms with Crippen LogP contribution in [0, 0.1) is 0 Å². The average molecular weight is 342 g/mol. The Bertz CT molecular complexity index is 790. The minimum Gasteiger partial charge on any atom is -0.546 e. The highest BCUT2D eigenvalue weighted by Crippen LogP contribution is 2.28. The standard InChI is InChI=1S/C17H17N3O5/c1-11(19-20-17(23)12-5-7-18-8-6-12)13-3-4-14(15(9-13)24-2)25-10-16(21)22/h3-9H,10H2,1-2H3,(H,20,23)(H,21,22)/p-1/b19-11-. The first-order valence-corrected chi connectivity index (χ1v) is 7.27. The molecule has 0 radical (unpaired) electrons. The number of carbonyl (C=O) groups is 2. The third-order valence-corrected chi connectivity index (χ3v) is 3.19. The smallest absolute Gasteiger partial charge is 0.271 e. The summed E-state index contributed by atoms with van der Waals surface area (Å²) in [6.07, 6.45) is 3.03. The lowest BCUT2D eigenvalue weighted by molar-refractivity contribution is -0.307. The number of aliphatic carboxylic acids is 1. The van der Waals surface area contributed by atoms with Crippen LogP contribution in [-0.2, 0) is 4.79 Å². The van der Waals surface area contributed by atoms with Crippen molar-refractivity contribution < 1.29 is 24.2 Å². The van der Waals surface area contributed by atoms with Crippen LogP contribution in [0.4, 0.5) is 0 Å². The molecule has 1 heterocycles. The maximum absolute atomic E-state index is 12.0. The topological polar surface area (TPSA) is 113 Å². The number of hydrazone groups is 1. The second-order valence-corrected chi connectivity index (χ2v) is 4.90. The zero-order valence-corrected chi connectivity index (χ0v) is 13.7. The van der Waals surface area contributed by atoms with Gasteiger partial charge < -0.3 is 19.4 Å². The Hall–Kier alpha value is -3.42. The van der Waals surface area contributed by atoms with E-state index in [0.29, 0.717) is 22.6 Å². The molecule has 0 fully saturated rings. The molecule has 1 N–H and O–H groups in total. The van der Waals surface area contributed by atoms with Crippen molar-refractivity contribution in [3.8, 4) is 11.5 Å². The van der Waals surface area contributed by atoms with E-state index in [-0.39, 0.29) is 11.7 Å². The summed E-state index contributed by atoms with van der Waals surface area (Å²) in [5, 5.41) is 14.5. The second kappa shape index (κ2) is 8.44. The van der Waals surface area contributed by atoms with E-state index in [4.69, 9.17) is 9.47 Å². The predicted molar refractivity (Wildman–Crippen MR) is 87.4 cm³/mol. The van der Waals surface area contributed by atoms with Gasteiger partial charge in [0.05, 0.1) is 18.8 Å². The maximum Gasteiger partial charge on any atom is 0.271 e. The summed E-state index contributed by atoms with van der Waals surface area (Å²) in [6.45, 7) is 1.13. The number of amides is 1. The number of rotatable bonds is 7. The first-order chi connectivity index (χ1) is 12.0. The summed E-state index contributed by atoms with van der Waals surface area (Å²) in [5.41, 5.74) is 4.10. The van der Waals surface area contributed by atoms with Gasteiger partial charge in [0, 0.05) is 23.5 Å². The quantitative estimate of drug-likeness (QED) is 0.575. The Balaban J connectivity index is 2.11. The number of benzene rings is 1. The Morgan fingerprint density at radius 3 is 2.52 bits per heavy atom. The summed E-state index contributed by atoms with van der Waals surface area (Å²) in [6, 6.07) is 8.01. The van der Waals surface area contributed by atoms with Crippen molar-refractivity contribution in [2.24, 2.45) is 5.10 Å². The van der Waals surface area contributed by atoms with Crippen LogP contribution in [0.15, 0.2) is 47.8 Å². The van der Waals surface area contributed by atoms with Gasteiger partial charge in [-0.3, -0.25) is 9.78 Å². The van der Waals surface area contributed by atoms with Crippen molar-refractivity contribution in [3.05, 3.63) is 53.9 Å². The fourth-order valence-corrected chi connectivity index (χ4v) is 1.92. The zero-order chi connectivity index (χ0) is 18.2. The monoisotopic (exact) mass is 342 g/mol. The molecule has 0 aliphatic carbocycles. The van der Waals surface area contributed by atoms with Crippen molar-refractivity contribution in [1.29, 1.82) is 0 Å². The molecule has 2 rings (SSSR count). The van der Waals surface area contributed by atoms with Crippen LogP contribution in [0.25, 0.3) is 0 Å². The average Bonchev–Trinajstić information content (AvgIpc) is 2.64. The molecule has 0 aliphatic rings. The minimum absolute atomic E-state index is 0.268. The normalized spacial score (nSPS) is 10.9. The van der Waals surface area contributed by atoms with Crippen LogP contribution in [0.1, 0.15) is 22.8 Å². The van der Waals surface area contributed by atoms with E-state index in [1.54, 1.807) is 37.3 Å². The van der Waals surface area contributed by atoms with Gasteiger partial charge in [-0.15, -0.1) is 0 Å². The molecule has 130 valence electrons. The minimum atomic E-state index is -1.33. The van der Waals surface area contributed by atoms with Gasteiger partial charge in [0.1, 0.15) is 6.61 Å². The SMILES string of the molecule is COc1cc(/C(C)=N\NC(=O)c2ccncc2)ccc1OCC(=O)[O-]. The van der Waals surface area contributed by atoms with E-state index in [1.807, 2.05) is 0 Å². The van der Waals surface area contributed by atoms with E-state index >= 15 is 0 Å². The lowest BCUT2D eigenvalue weighted by atomic mass is 10.1. The first-order valence-electron chi connectivity index (χ1n) is 7.27. The highest BCUT2D eigenvalue weighted by Gasteiger charge is 2.09. The van der Waals surface area contributed by atoms with Crippen molar-refractivity contribution in [3.63, 3.8) is 0 Å². The lowest BCUT2D eigenvalue weighted by Gasteiger charge is -2.12. The Morgan fingerprint density at radius 2 is 1.88 bits per heavy atom. The number of hydrogen-bond acceptors (Lipinski definition) is 7. The zero-order valence-electron chi connectivity index (χ0n) is 13.7. The number of carbonyl (C=O) groups excluding carboxylic acids is 2. The Morgan fingerprint density at radius 1 is 1.16 bits per heavy atom. The Labute approximate surface area is 144 Å². The van der Waals surface area contributed by atoms with Crippen molar-refractivity contribution in [2.45, 2.75) is 6.92 Å². The van der Waals surface area contributed by atoms with E-state index in [0.717, 1.165) is 0 Å². The molecule has 8 heteroatoms. The summed E-state index contributed by atoms with van der Waals surface area (Å²) >= 11 is 0. The van der Waals surface area contributed by atoms with E-state index < -0.39 is 12.6 Å². The first kappa shape index (κ1) is 17.9. The molecule has 1 aromatic heterocycles. The molecule has 2 aromatic rings. The largest absolute Gasteiger partial charge is 0.546 e. The van der Waals surface area contributed by atoms with Crippen LogP contribution in [-0.4, -0.2) is 36.3 Å².